The van der Waals surface area contributed by atoms with Crippen molar-refractivity contribution in [1.82, 2.24) is 0 Å². The summed E-state index contributed by atoms with van der Waals surface area (Å²) in [6, 6.07) is 7.88. The number of allylic oxidation sites excluding steroid dienone is 1. The molecule has 1 nitrogen and oxygen atoms in total. The molecule has 1 aromatic rings. The summed E-state index contributed by atoms with van der Waals surface area (Å²) in [4.78, 5) is 0. The average Bonchev–Trinajstić information content (AvgIpc) is 2.12. The second-order valence-corrected chi connectivity index (χ2v) is 3.27. The van der Waals surface area contributed by atoms with Crippen LogP contribution in [-0.4, -0.2) is 0 Å². The van der Waals surface area contributed by atoms with E-state index in [1.54, 1.807) is 0 Å². The highest BCUT2D eigenvalue weighted by molar-refractivity contribution is 5.65. The summed E-state index contributed by atoms with van der Waals surface area (Å²) >= 11 is 0. The van der Waals surface area contributed by atoms with Crippen LogP contribution in [0.4, 0.5) is 0 Å². The predicted molar refractivity (Wildman–Crippen MR) is 47.4 cm³/mol. The highest BCUT2D eigenvalue weighted by Crippen LogP contribution is 2.26. The second kappa shape index (κ2) is 2.67. The Labute approximate surface area is 72.4 Å². The number of aryl methyl sites for hydroxylation is 1. The third-order valence-electron chi connectivity index (χ3n) is 2.42. The maximum Gasteiger partial charge on any atom is -0.0236 e. The van der Waals surface area contributed by atoms with E-state index >= 15 is 0 Å². The van der Waals surface area contributed by atoms with Gasteiger partial charge < -0.3 is 5.11 Å². The fourth-order valence-corrected chi connectivity index (χ4v) is 1.63. The first-order valence-corrected chi connectivity index (χ1v) is 4.24. The lowest BCUT2D eigenvalue weighted by Gasteiger charge is -2.25. The molecule has 1 heteroatoms. The molecule has 0 aliphatic heterocycles. The van der Waals surface area contributed by atoms with Crippen molar-refractivity contribution in [2.75, 3.05) is 0 Å². The van der Waals surface area contributed by atoms with Crippen LogP contribution in [0.3, 0.4) is 0 Å². The zero-order valence-corrected chi connectivity index (χ0v) is 7.13. The molecule has 0 fully saturated rings. The van der Waals surface area contributed by atoms with Gasteiger partial charge in [-0.2, -0.15) is 0 Å². The van der Waals surface area contributed by atoms with E-state index in [0.29, 0.717) is 0 Å². The molecule has 62 valence electrons. The van der Waals surface area contributed by atoms with Crippen LogP contribution in [0.1, 0.15) is 24.5 Å². The predicted octanol–water partition coefficient (Wildman–Crippen LogP) is 1.72. The number of hydrogen-bond donors (Lipinski definition) is 0. The summed E-state index contributed by atoms with van der Waals surface area (Å²) in [5, 5.41) is 11.6. The largest absolute Gasteiger partial charge is 0.872 e. The molecular formula is C11H11O-. The van der Waals surface area contributed by atoms with Crippen LogP contribution in [0.2, 0.25) is 0 Å². The van der Waals surface area contributed by atoms with Gasteiger partial charge in [0.1, 0.15) is 0 Å². The summed E-state index contributed by atoms with van der Waals surface area (Å²) in [6.07, 6.45) is 1.95. The van der Waals surface area contributed by atoms with Gasteiger partial charge in [-0.15, -0.1) is 5.76 Å². The number of benzene rings is 1. The quantitative estimate of drug-likeness (QED) is 0.565. The van der Waals surface area contributed by atoms with Crippen molar-refractivity contribution >= 4 is 5.76 Å². The summed E-state index contributed by atoms with van der Waals surface area (Å²) < 4.78 is 0. The van der Waals surface area contributed by atoms with Crippen molar-refractivity contribution in [3.63, 3.8) is 0 Å². The van der Waals surface area contributed by atoms with Crippen LogP contribution in [0, 0.1) is 0 Å². The summed E-state index contributed by atoms with van der Waals surface area (Å²) in [5.41, 5.74) is 3.10. The van der Waals surface area contributed by atoms with E-state index in [1.807, 2.05) is 31.2 Å². The number of rotatable bonds is 0. The first kappa shape index (κ1) is 7.41. The fourth-order valence-electron chi connectivity index (χ4n) is 1.63. The molecule has 0 saturated carbocycles. The third kappa shape index (κ3) is 1.02. The van der Waals surface area contributed by atoms with Crippen molar-refractivity contribution in [2.45, 2.75) is 19.8 Å². The molecule has 1 aliphatic rings. The summed E-state index contributed by atoms with van der Waals surface area (Å²) in [6.45, 7) is 1.93. The Hall–Kier alpha value is -1.24. The van der Waals surface area contributed by atoms with Gasteiger partial charge in [0, 0.05) is 0 Å². The molecular weight excluding hydrogens is 148 g/mol. The Kier molecular flexibility index (Phi) is 1.65. The van der Waals surface area contributed by atoms with E-state index in [4.69, 9.17) is 0 Å². The normalized spacial score (nSPS) is 16.1. The molecule has 2 rings (SSSR count). The van der Waals surface area contributed by atoms with Crippen LogP contribution < -0.4 is 5.11 Å². The fraction of sp³-hybridized carbons (Fsp3) is 0.273. The Balaban J connectivity index is 2.59. The Bertz CT molecular complexity index is 337. The molecule has 0 heterocycles. The van der Waals surface area contributed by atoms with Crippen molar-refractivity contribution in [3.05, 3.63) is 41.0 Å². The first-order valence-electron chi connectivity index (χ1n) is 4.24. The molecule has 0 amide bonds. The van der Waals surface area contributed by atoms with E-state index in [1.165, 1.54) is 5.56 Å². The zero-order valence-electron chi connectivity index (χ0n) is 7.13. The van der Waals surface area contributed by atoms with Gasteiger partial charge in [0.2, 0.25) is 0 Å². The lowest BCUT2D eigenvalue weighted by atomic mass is 9.91. The molecule has 0 spiro atoms. The van der Waals surface area contributed by atoms with E-state index in [0.717, 1.165) is 24.0 Å². The van der Waals surface area contributed by atoms with Gasteiger partial charge in [-0.3, -0.25) is 0 Å². The minimum Gasteiger partial charge on any atom is -0.872 e. The molecule has 1 aliphatic carbocycles. The molecule has 0 bridgehead atoms. The van der Waals surface area contributed by atoms with Crippen molar-refractivity contribution in [2.24, 2.45) is 0 Å². The van der Waals surface area contributed by atoms with Crippen LogP contribution in [0.25, 0.3) is 5.76 Å². The van der Waals surface area contributed by atoms with Gasteiger partial charge in [0.05, 0.1) is 0 Å². The smallest absolute Gasteiger partial charge is 0.0236 e. The third-order valence-corrected chi connectivity index (χ3v) is 2.42. The molecule has 0 N–H and O–H groups in total. The second-order valence-electron chi connectivity index (χ2n) is 3.27. The van der Waals surface area contributed by atoms with Gasteiger partial charge in [0.25, 0.3) is 0 Å². The molecule has 0 unspecified atom stereocenters. The molecule has 0 aromatic heterocycles. The van der Waals surface area contributed by atoms with E-state index < -0.39 is 0 Å². The van der Waals surface area contributed by atoms with Crippen LogP contribution in [0.15, 0.2) is 29.8 Å². The molecule has 0 atom stereocenters. The molecule has 0 radical (unpaired) electrons. The highest BCUT2D eigenvalue weighted by Gasteiger charge is 2.08. The summed E-state index contributed by atoms with van der Waals surface area (Å²) in [5.74, 6) is 0.233. The van der Waals surface area contributed by atoms with Gasteiger partial charge in [-0.25, -0.2) is 0 Å². The van der Waals surface area contributed by atoms with E-state index in [-0.39, 0.29) is 5.76 Å². The first-order chi connectivity index (χ1) is 5.79. The van der Waals surface area contributed by atoms with Gasteiger partial charge >= 0.3 is 0 Å². The van der Waals surface area contributed by atoms with Gasteiger partial charge in [-0.1, -0.05) is 29.8 Å². The van der Waals surface area contributed by atoms with E-state index in [9.17, 15) is 5.11 Å². The monoisotopic (exact) mass is 159 g/mol. The Morgan fingerprint density at radius 3 is 2.75 bits per heavy atom. The molecule has 12 heavy (non-hydrogen) atoms. The number of hydrogen-bond acceptors (Lipinski definition) is 1. The standard InChI is InChI=1S/C11H12O/c1-8-6-7-9-4-2-3-5-10(9)11(8)12/h2-5,12H,6-7H2,1H3/p-1. The van der Waals surface area contributed by atoms with Gasteiger partial charge in [0.15, 0.2) is 0 Å². The summed E-state index contributed by atoms with van der Waals surface area (Å²) in [7, 11) is 0. The SMILES string of the molecule is CC1=C([O-])c2ccccc2CC1. The number of fused-ring (bicyclic) bond motifs is 1. The minimum absolute atomic E-state index is 0.233. The maximum atomic E-state index is 11.6. The van der Waals surface area contributed by atoms with E-state index in [2.05, 4.69) is 0 Å². The van der Waals surface area contributed by atoms with Crippen molar-refractivity contribution in [3.8, 4) is 0 Å². The molecule has 1 aromatic carbocycles. The Morgan fingerprint density at radius 1 is 1.17 bits per heavy atom. The zero-order chi connectivity index (χ0) is 8.55. The highest BCUT2D eigenvalue weighted by atomic mass is 16.3. The maximum absolute atomic E-state index is 11.6. The van der Waals surface area contributed by atoms with Gasteiger partial charge in [-0.05, 0) is 30.9 Å². The average molecular weight is 159 g/mol. The molecule has 0 saturated heterocycles. The van der Waals surface area contributed by atoms with Crippen molar-refractivity contribution in [1.29, 1.82) is 0 Å². The van der Waals surface area contributed by atoms with Crippen LogP contribution >= 0.6 is 0 Å². The topological polar surface area (TPSA) is 23.1 Å². The van der Waals surface area contributed by atoms with Crippen LogP contribution in [-0.2, 0) is 6.42 Å². The minimum atomic E-state index is 0.233. The lowest BCUT2D eigenvalue weighted by Crippen LogP contribution is -2.12. The van der Waals surface area contributed by atoms with Crippen molar-refractivity contribution < 1.29 is 5.11 Å². The van der Waals surface area contributed by atoms with Crippen LogP contribution in [0.5, 0.6) is 0 Å². The lowest BCUT2D eigenvalue weighted by molar-refractivity contribution is -0.245. The Morgan fingerprint density at radius 2 is 1.92 bits per heavy atom.